The molecule has 4 rings (SSSR count). The predicted octanol–water partition coefficient (Wildman–Crippen LogP) is 5.02. The Morgan fingerprint density at radius 2 is 1.81 bits per heavy atom. The maximum Gasteiger partial charge on any atom is 0.231 e. The molecule has 1 aliphatic heterocycles. The van der Waals surface area contributed by atoms with E-state index in [1.54, 1.807) is 36.4 Å². The second-order valence-corrected chi connectivity index (χ2v) is 5.93. The molecule has 1 heterocycles. The second kappa shape index (κ2) is 6.84. The standard InChI is InChI=1S/C22H15FO3/c23-17-8-4-7-16(11-17)14-25-18-9-10-19-20(13-18)26-21(22(19)24)12-15-5-2-1-3-6-15/h1-13H,14H2/b21-12-. The van der Waals surface area contributed by atoms with Gasteiger partial charge in [-0.3, -0.25) is 4.79 Å². The summed E-state index contributed by atoms with van der Waals surface area (Å²) in [5, 5.41) is 0. The van der Waals surface area contributed by atoms with Gasteiger partial charge >= 0.3 is 0 Å². The fraction of sp³-hybridized carbons (Fsp3) is 0.0455. The summed E-state index contributed by atoms with van der Waals surface area (Å²) in [6.07, 6.45) is 1.72. The molecule has 128 valence electrons. The Labute approximate surface area is 150 Å². The topological polar surface area (TPSA) is 35.5 Å². The van der Waals surface area contributed by atoms with Crippen molar-refractivity contribution in [2.45, 2.75) is 6.61 Å². The van der Waals surface area contributed by atoms with Gasteiger partial charge in [-0.05, 0) is 41.5 Å². The third-order valence-corrected chi connectivity index (χ3v) is 4.03. The molecule has 0 aliphatic carbocycles. The number of carbonyl (C=O) groups is 1. The van der Waals surface area contributed by atoms with Gasteiger partial charge in [0.25, 0.3) is 0 Å². The number of hydrogen-bond donors (Lipinski definition) is 0. The monoisotopic (exact) mass is 346 g/mol. The van der Waals surface area contributed by atoms with Gasteiger partial charge in [-0.2, -0.15) is 0 Å². The van der Waals surface area contributed by atoms with E-state index in [0.29, 0.717) is 17.1 Å². The highest BCUT2D eigenvalue weighted by molar-refractivity contribution is 6.14. The molecule has 0 fully saturated rings. The van der Waals surface area contributed by atoms with E-state index in [1.165, 1.54) is 12.1 Å². The third-order valence-electron chi connectivity index (χ3n) is 4.03. The minimum atomic E-state index is -0.301. The van der Waals surface area contributed by atoms with Crippen molar-refractivity contribution in [1.82, 2.24) is 0 Å². The van der Waals surface area contributed by atoms with E-state index in [0.717, 1.165) is 11.1 Å². The molecule has 0 saturated heterocycles. The number of benzene rings is 3. The predicted molar refractivity (Wildman–Crippen MR) is 96.6 cm³/mol. The Morgan fingerprint density at radius 3 is 2.62 bits per heavy atom. The summed E-state index contributed by atoms with van der Waals surface area (Å²) in [7, 11) is 0. The number of rotatable bonds is 4. The van der Waals surface area contributed by atoms with Crippen molar-refractivity contribution in [3.63, 3.8) is 0 Å². The number of allylic oxidation sites excluding steroid dienone is 1. The SMILES string of the molecule is O=C1/C(=C/c2ccccc2)Oc2cc(OCc3cccc(F)c3)ccc21. The van der Waals surface area contributed by atoms with Crippen molar-refractivity contribution in [3.8, 4) is 11.5 Å². The summed E-state index contributed by atoms with van der Waals surface area (Å²) in [5.74, 6) is 0.856. The number of carbonyl (C=O) groups excluding carboxylic acids is 1. The maximum atomic E-state index is 13.2. The fourth-order valence-corrected chi connectivity index (χ4v) is 2.75. The van der Waals surface area contributed by atoms with Crippen LogP contribution in [0.15, 0.2) is 78.6 Å². The molecule has 0 atom stereocenters. The van der Waals surface area contributed by atoms with Gasteiger partial charge in [-0.15, -0.1) is 0 Å². The molecule has 0 unspecified atom stereocenters. The molecule has 0 radical (unpaired) electrons. The van der Waals surface area contributed by atoms with Crippen LogP contribution in [0, 0.1) is 5.82 Å². The maximum absolute atomic E-state index is 13.2. The minimum Gasteiger partial charge on any atom is -0.489 e. The van der Waals surface area contributed by atoms with E-state index in [9.17, 15) is 9.18 Å². The molecule has 0 N–H and O–H groups in total. The molecule has 0 bridgehead atoms. The molecular weight excluding hydrogens is 331 g/mol. The Hall–Kier alpha value is -3.40. The summed E-state index contributed by atoms with van der Waals surface area (Å²) < 4.78 is 24.6. The summed E-state index contributed by atoms with van der Waals surface area (Å²) in [6, 6.07) is 20.8. The van der Waals surface area contributed by atoms with Crippen LogP contribution in [-0.4, -0.2) is 5.78 Å². The van der Waals surface area contributed by atoms with E-state index in [2.05, 4.69) is 0 Å². The summed E-state index contributed by atoms with van der Waals surface area (Å²) in [5.41, 5.74) is 2.13. The first kappa shape index (κ1) is 16.1. The lowest BCUT2D eigenvalue weighted by Crippen LogP contribution is -1.98. The largest absolute Gasteiger partial charge is 0.489 e. The summed E-state index contributed by atoms with van der Waals surface area (Å²) in [6.45, 7) is 0.233. The van der Waals surface area contributed by atoms with Crippen LogP contribution in [0.5, 0.6) is 11.5 Å². The Morgan fingerprint density at radius 1 is 0.962 bits per heavy atom. The van der Waals surface area contributed by atoms with Crippen molar-refractivity contribution in [2.75, 3.05) is 0 Å². The highest BCUT2D eigenvalue weighted by atomic mass is 19.1. The normalized spacial score (nSPS) is 14.2. The van der Waals surface area contributed by atoms with Crippen molar-refractivity contribution in [2.24, 2.45) is 0 Å². The second-order valence-electron chi connectivity index (χ2n) is 5.93. The highest BCUT2D eigenvalue weighted by Crippen LogP contribution is 2.35. The molecule has 1 aliphatic rings. The van der Waals surface area contributed by atoms with Crippen LogP contribution < -0.4 is 9.47 Å². The molecule has 26 heavy (non-hydrogen) atoms. The van der Waals surface area contributed by atoms with E-state index in [4.69, 9.17) is 9.47 Å². The number of fused-ring (bicyclic) bond motifs is 1. The van der Waals surface area contributed by atoms with E-state index >= 15 is 0 Å². The van der Waals surface area contributed by atoms with Crippen LogP contribution in [0.2, 0.25) is 0 Å². The first-order chi connectivity index (χ1) is 12.7. The Balaban J connectivity index is 1.51. The zero-order valence-corrected chi connectivity index (χ0v) is 13.8. The lowest BCUT2D eigenvalue weighted by molar-refractivity contribution is 0.101. The number of ether oxygens (including phenoxy) is 2. The Kier molecular flexibility index (Phi) is 4.23. The van der Waals surface area contributed by atoms with Crippen LogP contribution in [0.1, 0.15) is 21.5 Å². The zero-order chi connectivity index (χ0) is 17.9. The third kappa shape index (κ3) is 3.35. The molecule has 0 amide bonds. The van der Waals surface area contributed by atoms with Gasteiger partial charge in [-0.25, -0.2) is 4.39 Å². The van der Waals surface area contributed by atoms with E-state index in [1.807, 2.05) is 30.3 Å². The van der Waals surface area contributed by atoms with Crippen molar-refractivity contribution in [3.05, 3.63) is 101 Å². The minimum absolute atomic E-state index is 0.152. The van der Waals surface area contributed by atoms with Gasteiger partial charge in [0.05, 0.1) is 5.56 Å². The average molecular weight is 346 g/mol. The molecule has 3 aromatic rings. The molecule has 0 aromatic heterocycles. The van der Waals surface area contributed by atoms with E-state index < -0.39 is 0 Å². The Bertz CT molecular complexity index is 993. The van der Waals surface area contributed by atoms with Crippen LogP contribution in [0.4, 0.5) is 4.39 Å². The molecule has 4 heteroatoms. The quantitative estimate of drug-likeness (QED) is 0.622. The first-order valence-electron chi connectivity index (χ1n) is 8.20. The summed E-state index contributed by atoms with van der Waals surface area (Å²) in [4.78, 5) is 12.5. The molecular formula is C22H15FO3. The fourth-order valence-electron chi connectivity index (χ4n) is 2.75. The van der Waals surface area contributed by atoms with Gasteiger partial charge in [0, 0.05) is 6.07 Å². The van der Waals surface area contributed by atoms with Crippen LogP contribution in [-0.2, 0) is 6.61 Å². The first-order valence-corrected chi connectivity index (χ1v) is 8.20. The van der Waals surface area contributed by atoms with Crippen LogP contribution in [0.3, 0.4) is 0 Å². The number of Topliss-reactive ketones (excluding diaryl/α,β-unsaturated/α-hetero) is 1. The lowest BCUT2D eigenvalue weighted by atomic mass is 10.1. The van der Waals surface area contributed by atoms with Gasteiger partial charge in [-0.1, -0.05) is 42.5 Å². The molecule has 3 nitrogen and oxygen atoms in total. The van der Waals surface area contributed by atoms with Gasteiger partial charge < -0.3 is 9.47 Å². The number of hydrogen-bond acceptors (Lipinski definition) is 3. The smallest absolute Gasteiger partial charge is 0.231 e. The van der Waals surface area contributed by atoms with Crippen LogP contribution in [0.25, 0.3) is 6.08 Å². The van der Waals surface area contributed by atoms with Crippen LogP contribution >= 0.6 is 0 Å². The summed E-state index contributed by atoms with van der Waals surface area (Å²) >= 11 is 0. The molecule has 0 spiro atoms. The molecule has 0 saturated carbocycles. The lowest BCUT2D eigenvalue weighted by Gasteiger charge is -2.07. The zero-order valence-electron chi connectivity index (χ0n) is 13.8. The number of halogens is 1. The van der Waals surface area contributed by atoms with Crippen molar-refractivity contribution < 1.29 is 18.7 Å². The van der Waals surface area contributed by atoms with Gasteiger partial charge in [0.1, 0.15) is 23.9 Å². The van der Waals surface area contributed by atoms with Crippen molar-refractivity contribution in [1.29, 1.82) is 0 Å². The van der Waals surface area contributed by atoms with Gasteiger partial charge in [0.15, 0.2) is 5.76 Å². The molecule has 3 aromatic carbocycles. The average Bonchev–Trinajstić information content (AvgIpc) is 2.96. The van der Waals surface area contributed by atoms with Crippen molar-refractivity contribution >= 4 is 11.9 Å². The highest BCUT2D eigenvalue weighted by Gasteiger charge is 2.27. The van der Waals surface area contributed by atoms with E-state index in [-0.39, 0.29) is 24.0 Å². The van der Waals surface area contributed by atoms with Gasteiger partial charge in [0.2, 0.25) is 5.78 Å². The number of ketones is 1.